The van der Waals surface area contributed by atoms with Crippen LogP contribution in [0.4, 0.5) is 0 Å². The van der Waals surface area contributed by atoms with Crippen LogP contribution in [0.2, 0.25) is 0 Å². The van der Waals surface area contributed by atoms with Crippen molar-refractivity contribution < 1.29 is 9.59 Å². The molecule has 5 nitrogen and oxygen atoms in total. The predicted molar refractivity (Wildman–Crippen MR) is 88.9 cm³/mol. The van der Waals surface area contributed by atoms with Gasteiger partial charge in [0, 0.05) is 10.1 Å². The van der Waals surface area contributed by atoms with Crippen molar-refractivity contribution >= 4 is 34.4 Å². The molecule has 0 radical (unpaired) electrons. The van der Waals surface area contributed by atoms with Gasteiger partial charge in [-0.3, -0.25) is 9.59 Å². The number of rotatable bonds is 4. The second kappa shape index (κ2) is 5.98. The Bertz CT molecular complexity index is 654. The van der Waals surface area contributed by atoms with Gasteiger partial charge in [-0.15, -0.1) is 0 Å². The predicted octanol–water partition coefficient (Wildman–Crippen LogP) is 0.701. The first-order valence-electron chi connectivity index (χ1n) is 6.37. The first kappa shape index (κ1) is 15.7. The highest BCUT2D eigenvalue weighted by atomic mass is 127. The summed E-state index contributed by atoms with van der Waals surface area (Å²) in [5, 5.41) is 0. The Labute approximate surface area is 136 Å². The molecule has 110 valence electrons. The Balaban J connectivity index is 2.74. The van der Waals surface area contributed by atoms with Gasteiger partial charge in [-0.25, -0.2) is 0 Å². The van der Waals surface area contributed by atoms with Crippen LogP contribution in [0.1, 0.15) is 11.1 Å². The quantitative estimate of drug-likeness (QED) is 0.651. The molecule has 2 atom stereocenters. The average molecular weight is 397 g/mol. The normalized spacial score (nSPS) is 24.0. The molecule has 2 amide bonds. The van der Waals surface area contributed by atoms with E-state index < -0.39 is 23.1 Å². The molecule has 2 rings (SSSR count). The number of primary amides is 2. The van der Waals surface area contributed by atoms with Gasteiger partial charge in [-0.2, -0.15) is 0 Å². The number of nitrogens with two attached hydrogens (primary N) is 3. The summed E-state index contributed by atoms with van der Waals surface area (Å²) in [4.78, 5) is 24.0. The van der Waals surface area contributed by atoms with Crippen LogP contribution in [0, 0.1) is 9.49 Å². The van der Waals surface area contributed by atoms with E-state index in [4.69, 9.17) is 17.2 Å². The molecular formula is C15H16IN3O2. The monoisotopic (exact) mass is 397 g/mol. The largest absolute Gasteiger partial charge is 0.369 e. The van der Waals surface area contributed by atoms with Gasteiger partial charge in [0.05, 0.1) is 5.92 Å². The highest BCUT2D eigenvalue weighted by Crippen LogP contribution is 2.39. The number of hydrogen-bond acceptors (Lipinski definition) is 3. The molecule has 0 bridgehead atoms. The summed E-state index contributed by atoms with van der Waals surface area (Å²) in [5.41, 5.74) is 17.0. The van der Waals surface area contributed by atoms with E-state index in [1.54, 1.807) is 30.4 Å². The number of allylic oxidation sites excluding steroid dienone is 2. The van der Waals surface area contributed by atoms with Crippen LogP contribution in [0.15, 0.2) is 42.5 Å². The molecule has 0 saturated heterocycles. The van der Waals surface area contributed by atoms with Crippen LogP contribution in [-0.2, 0) is 21.5 Å². The maximum absolute atomic E-state index is 12.2. The maximum Gasteiger partial charge on any atom is 0.233 e. The topological polar surface area (TPSA) is 112 Å². The summed E-state index contributed by atoms with van der Waals surface area (Å²) in [6.45, 7) is 0.240. The summed E-state index contributed by atoms with van der Waals surface area (Å²) in [6.07, 6.45) is 6.62. The number of halogens is 1. The highest BCUT2D eigenvalue weighted by Gasteiger charge is 2.47. The van der Waals surface area contributed by atoms with E-state index in [0.29, 0.717) is 5.56 Å². The molecule has 1 aliphatic carbocycles. The number of carbonyl (C=O) groups is 2. The van der Waals surface area contributed by atoms with Crippen molar-refractivity contribution in [3.63, 3.8) is 0 Å². The van der Waals surface area contributed by atoms with Crippen molar-refractivity contribution in [3.8, 4) is 0 Å². The molecule has 0 aliphatic heterocycles. The summed E-state index contributed by atoms with van der Waals surface area (Å²) in [6, 6.07) is 5.52. The molecule has 0 aromatic heterocycles. The van der Waals surface area contributed by atoms with Gasteiger partial charge in [-0.1, -0.05) is 30.4 Å². The first-order valence-corrected chi connectivity index (χ1v) is 7.45. The van der Waals surface area contributed by atoms with Crippen molar-refractivity contribution in [1.82, 2.24) is 0 Å². The fourth-order valence-corrected chi connectivity index (χ4v) is 3.27. The van der Waals surface area contributed by atoms with Crippen molar-refractivity contribution in [2.45, 2.75) is 12.0 Å². The van der Waals surface area contributed by atoms with Crippen molar-refractivity contribution in [3.05, 3.63) is 57.2 Å². The molecule has 21 heavy (non-hydrogen) atoms. The lowest BCUT2D eigenvalue weighted by atomic mass is 9.66. The molecule has 0 spiro atoms. The van der Waals surface area contributed by atoms with Crippen LogP contribution in [0.25, 0.3) is 0 Å². The zero-order valence-corrected chi connectivity index (χ0v) is 13.4. The molecular weight excluding hydrogens is 381 g/mol. The summed E-state index contributed by atoms with van der Waals surface area (Å²) >= 11 is 2.16. The standard InChI is InChI=1S/C15H16IN3O2/c16-10-4-5-11(9(7-10)8-17)15(14(19)21)6-2-1-3-12(15)13(18)20/h1-7,12H,8,17H2,(H2,18,20)(H2,19,21). The molecule has 0 fully saturated rings. The Morgan fingerprint density at radius 1 is 1.24 bits per heavy atom. The molecule has 2 unspecified atom stereocenters. The van der Waals surface area contributed by atoms with Gasteiger partial charge in [0.25, 0.3) is 0 Å². The SMILES string of the molecule is NCc1cc(I)ccc1C1(C(N)=O)C=CC=CC1C(N)=O. The van der Waals surface area contributed by atoms with Gasteiger partial charge in [0.2, 0.25) is 11.8 Å². The average Bonchev–Trinajstić information content (AvgIpc) is 2.46. The van der Waals surface area contributed by atoms with Crippen LogP contribution in [-0.4, -0.2) is 11.8 Å². The molecule has 1 aromatic carbocycles. The van der Waals surface area contributed by atoms with Gasteiger partial charge in [0.1, 0.15) is 5.41 Å². The lowest BCUT2D eigenvalue weighted by molar-refractivity contribution is -0.130. The van der Waals surface area contributed by atoms with Gasteiger partial charge in [0.15, 0.2) is 0 Å². The van der Waals surface area contributed by atoms with E-state index in [9.17, 15) is 9.59 Å². The molecule has 6 heteroatoms. The number of amides is 2. The van der Waals surface area contributed by atoms with Crippen LogP contribution in [0.3, 0.4) is 0 Å². The van der Waals surface area contributed by atoms with Crippen LogP contribution >= 0.6 is 22.6 Å². The minimum Gasteiger partial charge on any atom is -0.369 e. The fourth-order valence-electron chi connectivity index (χ4n) is 2.72. The van der Waals surface area contributed by atoms with Gasteiger partial charge < -0.3 is 17.2 Å². The first-order chi connectivity index (χ1) is 9.93. The molecule has 6 N–H and O–H groups in total. The highest BCUT2D eigenvalue weighted by molar-refractivity contribution is 14.1. The van der Waals surface area contributed by atoms with Crippen molar-refractivity contribution in [1.29, 1.82) is 0 Å². The Morgan fingerprint density at radius 3 is 2.52 bits per heavy atom. The Morgan fingerprint density at radius 2 is 1.95 bits per heavy atom. The minimum atomic E-state index is -1.29. The lowest BCUT2D eigenvalue weighted by Gasteiger charge is -2.35. The van der Waals surface area contributed by atoms with E-state index in [1.807, 2.05) is 12.1 Å². The van der Waals surface area contributed by atoms with E-state index in [0.717, 1.165) is 9.13 Å². The zero-order valence-electron chi connectivity index (χ0n) is 11.3. The smallest absolute Gasteiger partial charge is 0.233 e. The summed E-state index contributed by atoms with van der Waals surface area (Å²) in [5.74, 6) is -2.05. The third-order valence-corrected chi connectivity index (χ3v) is 4.38. The van der Waals surface area contributed by atoms with Crippen molar-refractivity contribution in [2.24, 2.45) is 23.1 Å². The molecule has 1 aromatic rings. The van der Waals surface area contributed by atoms with Crippen molar-refractivity contribution in [2.75, 3.05) is 0 Å². The number of hydrogen-bond donors (Lipinski definition) is 3. The van der Waals surface area contributed by atoms with Gasteiger partial charge >= 0.3 is 0 Å². The third kappa shape index (κ3) is 2.60. The Kier molecular flexibility index (Phi) is 4.48. The second-order valence-electron chi connectivity index (χ2n) is 4.86. The third-order valence-electron chi connectivity index (χ3n) is 3.71. The maximum atomic E-state index is 12.2. The van der Waals surface area contributed by atoms with Gasteiger partial charge in [-0.05, 0) is 45.9 Å². The lowest BCUT2D eigenvalue weighted by Crippen LogP contribution is -2.51. The van der Waals surface area contributed by atoms with Crippen LogP contribution < -0.4 is 17.2 Å². The Hall–Kier alpha value is -1.67. The van der Waals surface area contributed by atoms with E-state index in [1.165, 1.54) is 0 Å². The van der Waals surface area contributed by atoms with E-state index >= 15 is 0 Å². The number of benzene rings is 1. The minimum absolute atomic E-state index is 0.240. The van der Waals surface area contributed by atoms with E-state index in [2.05, 4.69) is 22.6 Å². The zero-order chi connectivity index (χ0) is 15.6. The molecule has 0 saturated carbocycles. The van der Waals surface area contributed by atoms with E-state index in [-0.39, 0.29) is 6.54 Å². The molecule has 0 heterocycles. The summed E-state index contributed by atoms with van der Waals surface area (Å²) in [7, 11) is 0. The van der Waals surface area contributed by atoms with Crippen LogP contribution in [0.5, 0.6) is 0 Å². The second-order valence-corrected chi connectivity index (χ2v) is 6.11. The number of carbonyl (C=O) groups excluding carboxylic acids is 2. The molecule has 1 aliphatic rings. The summed E-state index contributed by atoms with van der Waals surface area (Å²) < 4.78 is 0.988. The fraction of sp³-hybridized carbons (Fsp3) is 0.200.